The Morgan fingerprint density at radius 3 is 2.69 bits per heavy atom. The van der Waals surface area contributed by atoms with Crippen LogP contribution < -0.4 is 5.32 Å². The van der Waals surface area contributed by atoms with Gasteiger partial charge >= 0.3 is 0 Å². The summed E-state index contributed by atoms with van der Waals surface area (Å²) in [6.07, 6.45) is 1.70. The lowest BCUT2D eigenvalue weighted by Crippen LogP contribution is -2.38. The average Bonchev–Trinajstić information content (AvgIpc) is 3.02. The summed E-state index contributed by atoms with van der Waals surface area (Å²) in [5, 5.41) is 21.5. The third-order valence-corrected chi connectivity index (χ3v) is 3.26. The van der Waals surface area contributed by atoms with Crippen molar-refractivity contribution in [2.75, 3.05) is 5.88 Å². The Labute approximate surface area is 97.9 Å². The molecule has 0 unspecified atom stereocenters. The van der Waals surface area contributed by atoms with Crippen LogP contribution in [0.4, 0.5) is 0 Å². The third-order valence-electron chi connectivity index (χ3n) is 2.75. The van der Waals surface area contributed by atoms with Crippen LogP contribution in [-0.2, 0) is 0 Å². The van der Waals surface area contributed by atoms with E-state index in [1.54, 1.807) is 0 Å². The summed E-state index contributed by atoms with van der Waals surface area (Å²) in [4.78, 5) is 11.8. The van der Waals surface area contributed by atoms with Gasteiger partial charge in [0.05, 0.1) is 11.1 Å². The Kier molecular flexibility index (Phi) is 2.68. The van der Waals surface area contributed by atoms with Crippen molar-refractivity contribution in [3.05, 3.63) is 23.8 Å². The maximum Gasteiger partial charge on any atom is 0.255 e. The molecule has 16 heavy (non-hydrogen) atoms. The predicted octanol–water partition coefficient (Wildman–Crippen LogP) is 1.60. The summed E-state index contributed by atoms with van der Waals surface area (Å²) in [5.41, 5.74) is -0.257. The first kappa shape index (κ1) is 11.1. The van der Waals surface area contributed by atoms with Crippen molar-refractivity contribution in [1.82, 2.24) is 5.32 Å². The van der Waals surface area contributed by atoms with Crippen LogP contribution in [0.15, 0.2) is 18.2 Å². The van der Waals surface area contributed by atoms with Crippen molar-refractivity contribution in [2.24, 2.45) is 0 Å². The van der Waals surface area contributed by atoms with Crippen molar-refractivity contribution in [3.8, 4) is 11.5 Å². The molecule has 1 aliphatic carbocycles. The highest BCUT2D eigenvalue weighted by atomic mass is 35.5. The predicted molar refractivity (Wildman–Crippen MR) is 59.9 cm³/mol. The highest BCUT2D eigenvalue weighted by molar-refractivity contribution is 6.19. The van der Waals surface area contributed by atoms with Gasteiger partial charge in [-0.05, 0) is 25.0 Å². The molecular formula is C11H12ClNO3. The van der Waals surface area contributed by atoms with Gasteiger partial charge in [0.1, 0.15) is 0 Å². The van der Waals surface area contributed by atoms with Crippen LogP contribution in [0.1, 0.15) is 23.2 Å². The van der Waals surface area contributed by atoms with Crippen LogP contribution in [-0.4, -0.2) is 27.5 Å². The van der Waals surface area contributed by atoms with Gasteiger partial charge in [0, 0.05) is 5.88 Å². The number of aromatic hydroxyl groups is 2. The van der Waals surface area contributed by atoms with E-state index in [0.29, 0.717) is 5.88 Å². The third kappa shape index (κ3) is 1.93. The summed E-state index contributed by atoms with van der Waals surface area (Å²) < 4.78 is 0. The zero-order chi connectivity index (χ0) is 11.8. The summed E-state index contributed by atoms with van der Waals surface area (Å²) >= 11 is 5.73. The highest BCUT2D eigenvalue weighted by Gasteiger charge is 2.43. The topological polar surface area (TPSA) is 69.6 Å². The minimum absolute atomic E-state index is 0.0661. The molecule has 0 radical (unpaired) electrons. The lowest BCUT2D eigenvalue weighted by molar-refractivity contribution is 0.0932. The Bertz CT molecular complexity index is 429. The second-order valence-corrected chi connectivity index (χ2v) is 4.31. The van der Waals surface area contributed by atoms with Crippen LogP contribution in [0.2, 0.25) is 0 Å². The van der Waals surface area contributed by atoms with Gasteiger partial charge in [0.25, 0.3) is 5.91 Å². The molecule has 1 aromatic rings. The monoisotopic (exact) mass is 241 g/mol. The number of hydrogen-bond donors (Lipinski definition) is 3. The number of alkyl halides is 1. The molecule has 1 amide bonds. The van der Waals surface area contributed by atoms with E-state index in [-0.39, 0.29) is 16.9 Å². The van der Waals surface area contributed by atoms with Gasteiger partial charge in [-0.1, -0.05) is 6.07 Å². The molecule has 1 saturated carbocycles. The van der Waals surface area contributed by atoms with Gasteiger partial charge in [-0.25, -0.2) is 0 Å². The molecule has 0 aliphatic heterocycles. The number of halogens is 1. The normalized spacial score (nSPS) is 16.8. The Morgan fingerprint density at radius 1 is 1.44 bits per heavy atom. The molecule has 3 N–H and O–H groups in total. The molecule has 0 saturated heterocycles. The number of nitrogens with one attached hydrogen (secondary N) is 1. The van der Waals surface area contributed by atoms with Gasteiger partial charge in [0.15, 0.2) is 11.5 Å². The number of para-hydroxylation sites is 1. The van der Waals surface area contributed by atoms with Gasteiger partial charge in [-0.2, -0.15) is 0 Å². The Balaban J connectivity index is 2.18. The molecule has 86 valence electrons. The quantitative estimate of drug-likeness (QED) is 0.556. The van der Waals surface area contributed by atoms with Crippen molar-refractivity contribution in [3.63, 3.8) is 0 Å². The molecule has 5 heteroatoms. The van der Waals surface area contributed by atoms with Crippen LogP contribution in [0.5, 0.6) is 11.5 Å². The second kappa shape index (κ2) is 3.87. The van der Waals surface area contributed by atoms with E-state index < -0.39 is 11.7 Å². The number of carbonyl (C=O) groups is 1. The molecule has 0 atom stereocenters. The van der Waals surface area contributed by atoms with E-state index in [4.69, 9.17) is 11.6 Å². The van der Waals surface area contributed by atoms with Crippen molar-refractivity contribution >= 4 is 17.5 Å². The van der Waals surface area contributed by atoms with Gasteiger partial charge in [0.2, 0.25) is 0 Å². The Hall–Kier alpha value is -1.42. The largest absolute Gasteiger partial charge is 0.504 e. The molecule has 1 aliphatic rings. The molecule has 0 aromatic heterocycles. The molecule has 1 fully saturated rings. The second-order valence-electron chi connectivity index (χ2n) is 4.04. The molecule has 4 nitrogen and oxygen atoms in total. The number of carbonyl (C=O) groups excluding carboxylic acids is 1. The fourth-order valence-corrected chi connectivity index (χ4v) is 1.80. The summed E-state index contributed by atoms with van der Waals surface area (Å²) in [6, 6.07) is 4.28. The zero-order valence-corrected chi connectivity index (χ0v) is 9.29. The van der Waals surface area contributed by atoms with E-state index in [1.807, 2.05) is 0 Å². The minimum Gasteiger partial charge on any atom is -0.504 e. The van der Waals surface area contributed by atoms with Crippen LogP contribution in [0.3, 0.4) is 0 Å². The molecule has 1 aromatic carbocycles. The minimum atomic E-state index is -0.411. The number of amides is 1. The van der Waals surface area contributed by atoms with Gasteiger partial charge in [-0.15, -0.1) is 11.6 Å². The van der Waals surface area contributed by atoms with Gasteiger partial charge in [-0.3, -0.25) is 4.79 Å². The van der Waals surface area contributed by atoms with Crippen molar-refractivity contribution in [2.45, 2.75) is 18.4 Å². The van der Waals surface area contributed by atoms with Crippen LogP contribution >= 0.6 is 11.6 Å². The van der Waals surface area contributed by atoms with Crippen LogP contribution in [0, 0.1) is 0 Å². The molecule has 0 bridgehead atoms. The smallest absolute Gasteiger partial charge is 0.255 e. The number of benzene rings is 1. The summed E-state index contributed by atoms with van der Waals surface area (Å²) in [6.45, 7) is 0. The molecule has 0 spiro atoms. The van der Waals surface area contributed by atoms with E-state index in [2.05, 4.69) is 5.32 Å². The fraction of sp³-hybridized carbons (Fsp3) is 0.364. The summed E-state index contributed by atoms with van der Waals surface area (Å²) in [5.74, 6) is -0.751. The first-order valence-corrected chi connectivity index (χ1v) is 5.51. The average molecular weight is 242 g/mol. The first-order chi connectivity index (χ1) is 7.58. The number of rotatable bonds is 3. The van der Waals surface area contributed by atoms with E-state index in [1.165, 1.54) is 18.2 Å². The molecule has 0 heterocycles. The number of hydrogen-bond acceptors (Lipinski definition) is 3. The lowest BCUT2D eigenvalue weighted by Gasteiger charge is -2.14. The van der Waals surface area contributed by atoms with E-state index in [9.17, 15) is 15.0 Å². The number of phenolic OH excluding ortho intramolecular Hbond substituents is 2. The Morgan fingerprint density at radius 2 is 2.12 bits per heavy atom. The zero-order valence-electron chi connectivity index (χ0n) is 8.53. The van der Waals surface area contributed by atoms with E-state index >= 15 is 0 Å². The van der Waals surface area contributed by atoms with Crippen LogP contribution in [0.25, 0.3) is 0 Å². The first-order valence-electron chi connectivity index (χ1n) is 4.97. The van der Waals surface area contributed by atoms with Crippen molar-refractivity contribution in [1.29, 1.82) is 0 Å². The maximum absolute atomic E-state index is 11.8. The molecule has 2 rings (SSSR count). The van der Waals surface area contributed by atoms with Crippen molar-refractivity contribution < 1.29 is 15.0 Å². The van der Waals surface area contributed by atoms with E-state index in [0.717, 1.165) is 12.8 Å². The van der Waals surface area contributed by atoms with Gasteiger partial charge < -0.3 is 15.5 Å². The fourth-order valence-electron chi connectivity index (χ4n) is 1.47. The standard InChI is InChI=1S/C11H12ClNO3/c12-6-11(4-5-11)13-10(16)7-2-1-3-8(14)9(7)15/h1-3,14-15H,4-6H2,(H,13,16). The molecular weight excluding hydrogens is 230 g/mol. The lowest BCUT2D eigenvalue weighted by atomic mass is 10.1. The summed E-state index contributed by atoms with van der Waals surface area (Å²) in [7, 11) is 0. The number of phenols is 2. The maximum atomic E-state index is 11.8. The highest BCUT2D eigenvalue weighted by Crippen LogP contribution is 2.37. The SMILES string of the molecule is O=C(NC1(CCl)CC1)c1cccc(O)c1O.